The normalized spacial score (nSPS) is 8.00. The van der Waals surface area contributed by atoms with Gasteiger partial charge in [-0.1, -0.05) is 13.2 Å². The summed E-state index contributed by atoms with van der Waals surface area (Å²) in [6, 6.07) is 0. The maximum Gasteiger partial charge on any atom is 0.344 e. The van der Waals surface area contributed by atoms with Gasteiger partial charge in [0.2, 0.25) is 0 Å². The van der Waals surface area contributed by atoms with E-state index < -0.39 is 23.1 Å². The molecule has 0 aromatic rings. The highest BCUT2D eigenvalue weighted by molar-refractivity contribution is 6.04. The topological polar surface area (TPSA) is 74.6 Å². The van der Waals surface area contributed by atoms with E-state index in [2.05, 4.69) is 13.2 Å². The molecule has 0 aromatic heterocycles. The van der Waals surface area contributed by atoms with Gasteiger partial charge in [0, 0.05) is 0 Å². The van der Waals surface area contributed by atoms with Gasteiger partial charge in [-0.05, 0) is 0 Å². The fourth-order valence-corrected chi connectivity index (χ4v) is 0.418. The maximum absolute atomic E-state index is 10.2. The molecular weight excluding hydrogens is 148 g/mol. The number of carbonyl (C=O) groups is 2. The van der Waals surface area contributed by atoms with Crippen molar-refractivity contribution in [3.63, 3.8) is 0 Å². The Morgan fingerprint density at radius 1 is 1.18 bits per heavy atom. The van der Waals surface area contributed by atoms with Crippen LogP contribution in [0.1, 0.15) is 0 Å². The zero-order chi connectivity index (χ0) is 9.02. The van der Waals surface area contributed by atoms with Crippen molar-refractivity contribution in [2.24, 2.45) is 0 Å². The Morgan fingerprint density at radius 3 is 1.73 bits per heavy atom. The molecule has 0 rings (SSSR count). The molecule has 0 radical (unpaired) electrons. The van der Waals surface area contributed by atoms with E-state index in [9.17, 15) is 9.59 Å². The van der Waals surface area contributed by atoms with Crippen molar-refractivity contribution in [3.05, 3.63) is 30.0 Å². The van der Waals surface area contributed by atoms with Gasteiger partial charge in [0.05, 0.1) is 5.57 Å². The molecule has 0 aliphatic heterocycles. The van der Waals surface area contributed by atoms with Crippen molar-refractivity contribution in [2.75, 3.05) is 0 Å². The van der Waals surface area contributed by atoms with Crippen molar-refractivity contribution in [1.29, 1.82) is 0 Å². The molecule has 0 fully saturated rings. The third-order valence-corrected chi connectivity index (χ3v) is 0.951. The lowest BCUT2D eigenvalue weighted by Crippen LogP contribution is -2.09. The van der Waals surface area contributed by atoms with Crippen molar-refractivity contribution >= 4 is 11.9 Å². The van der Waals surface area contributed by atoms with Gasteiger partial charge in [-0.2, -0.15) is 0 Å². The molecule has 0 heterocycles. The van der Waals surface area contributed by atoms with Crippen LogP contribution >= 0.6 is 0 Å². The summed E-state index contributed by atoms with van der Waals surface area (Å²) in [5, 5.41) is 16.6. The summed E-state index contributed by atoms with van der Waals surface area (Å²) < 4.78 is 0. The summed E-state index contributed by atoms with van der Waals surface area (Å²) in [4.78, 5) is 20.4. The highest BCUT2D eigenvalue weighted by atomic mass is 16.4. The number of carboxylic acids is 2. The van der Waals surface area contributed by atoms with E-state index in [1.807, 2.05) is 5.73 Å². The minimum absolute atomic E-state index is 0.516. The highest BCUT2D eigenvalue weighted by Crippen LogP contribution is 2.05. The van der Waals surface area contributed by atoms with Gasteiger partial charge >= 0.3 is 11.9 Å². The summed E-state index contributed by atoms with van der Waals surface area (Å²) in [7, 11) is 0. The SMILES string of the molecule is C=C=C(C(=C)C(=O)O)C(=O)O. The second-order valence-electron chi connectivity index (χ2n) is 1.64. The Bertz CT molecular complexity index is 268. The van der Waals surface area contributed by atoms with E-state index in [4.69, 9.17) is 10.2 Å². The number of aliphatic carboxylic acids is 2. The fraction of sp³-hybridized carbons (Fsp3) is 0. The van der Waals surface area contributed by atoms with Crippen LogP contribution in [0.25, 0.3) is 0 Å². The lowest BCUT2D eigenvalue weighted by molar-refractivity contribution is -0.136. The average molecular weight is 154 g/mol. The van der Waals surface area contributed by atoms with Crippen LogP contribution in [0.4, 0.5) is 0 Å². The highest BCUT2D eigenvalue weighted by Gasteiger charge is 2.15. The summed E-state index contributed by atoms with van der Waals surface area (Å²) >= 11 is 0. The first-order valence-corrected chi connectivity index (χ1v) is 2.56. The van der Waals surface area contributed by atoms with Crippen molar-refractivity contribution in [2.45, 2.75) is 0 Å². The first kappa shape index (κ1) is 9.20. The summed E-state index contributed by atoms with van der Waals surface area (Å²) in [6.45, 7) is 6.05. The molecular formula is C7H6O4. The van der Waals surface area contributed by atoms with Gasteiger partial charge in [0.15, 0.2) is 0 Å². The standard InChI is InChI=1S/C7H6O4/c1-3-5(7(10)11)4(2)6(8)9/h1-2H2,(H,8,9)(H,10,11). The molecule has 0 atom stereocenters. The fourth-order valence-electron chi connectivity index (χ4n) is 0.418. The Hall–Kier alpha value is -1.80. The molecule has 2 N–H and O–H groups in total. The second-order valence-corrected chi connectivity index (χ2v) is 1.64. The van der Waals surface area contributed by atoms with Crippen LogP contribution in [0.5, 0.6) is 0 Å². The molecule has 58 valence electrons. The number of hydrogen-bond donors (Lipinski definition) is 2. The van der Waals surface area contributed by atoms with Gasteiger partial charge in [0.1, 0.15) is 5.57 Å². The molecule has 0 bridgehead atoms. The van der Waals surface area contributed by atoms with Crippen LogP contribution in [0, 0.1) is 0 Å². The quantitative estimate of drug-likeness (QED) is 0.351. The monoisotopic (exact) mass is 154 g/mol. The number of rotatable bonds is 3. The van der Waals surface area contributed by atoms with Gasteiger partial charge < -0.3 is 10.2 Å². The Balaban J connectivity index is 4.85. The predicted octanol–water partition coefficient (Wildman–Crippen LogP) is 0.423. The molecule has 0 aliphatic rings. The molecule has 0 aliphatic carbocycles. The second kappa shape index (κ2) is 3.39. The lowest BCUT2D eigenvalue weighted by atomic mass is 10.1. The molecule has 0 aromatic carbocycles. The van der Waals surface area contributed by atoms with E-state index in [1.165, 1.54) is 0 Å². The first-order valence-electron chi connectivity index (χ1n) is 2.56. The third kappa shape index (κ3) is 2.12. The van der Waals surface area contributed by atoms with Gasteiger partial charge in [-0.15, -0.1) is 5.73 Å². The van der Waals surface area contributed by atoms with E-state index in [-0.39, 0.29) is 0 Å². The molecule has 0 amide bonds. The van der Waals surface area contributed by atoms with Crippen LogP contribution in [0.2, 0.25) is 0 Å². The Kier molecular flexibility index (Phi) is 2.83. The first-order chi connectivity index (χ1) is 5.00. The van der Waals surface area contributed by atoms with Crippen LogP contribution < -0.4 is 0 Å². The third-order valence-electron chi connectivity index (χ3n) is 0.951. The summed E-state index contributed by atoms with van der Waals surface area (Å²) in [5.74, 6) is -2.79. The van der Waals surface area contributed by atoms with Crippen LogP contribution in [0.3, 0.4) is 0 Å². The molecule has 4 heteroatoms. The van der Waals surface area contributed by atoms with Crippen LogP contribution in [-0.2, 0) is 9.59 Å². The Labute approximate surface area is 62.8 Å². The molecule has 0 spiro atoms. The molecule has 0 unspecified atom stereocenters. The van der Waals surface area contributed by atoms with Crippen LogP contribution in [0.15, 0.2) is 30.0 Å². The van der Waals surface area contributed by atoms with Gasteiger partial charge in [0.25, 0.3) is 0 Å². The van der Waals surface area contributed by atoms with E-state index in [1.54, 1.807) is 0 Å². The number of carboxylic acid groups (broad SMARTS) is 2. The maximum atomic E-state index is 10.2. The largest absolute Gasteiger partial charge is 0.478 e. The van der Waals surface area contributed by atoms with Crippen LogP contribution in [-0.4, -0.2) is 22.2 Å². The summed E-state index contributed by atoms with van der Waals surface area (Å²) in [6.07, 6.45) is 0. The molecule has 0 saturated heterocycles. The lowest BCUT2D eigenvalue weighted by Gasteiger charge is -1.95. The van der Waals surface area contributed by atoms with Crippen molar-refractivity contribution in [1.82, 2.24) is 0 Å². The molecule has 11 heavy (non-hydrogen) atoms. The van der Waals surface area contributed by atoms with E-state index in [0.717, 1.165) is 0 Å². The van der Waals surface area contributed by atoms with Gasteiger partial charge in [-0.25, -0.2) is 9.59 Å². The van der Waals surface area contributed by atoms with Crippen molar-refractivity contribution in [3.8, 4) is 0 Å². The van der Waals surface area contributed by atoms with E-state index >= 15 is 0 Å². The molecule has 0 saturated carbocycles. The zero-order valence-electron chi connectivity index (χ0n) is 5.63. The van der Waals surface area contributed by atoms with Gasteiger partial charge in [-0.3, -0.25) is 0 Å². The zero-order valence-corrected chi connectivity index (χ0v) is 5.63. The van der Waals surface area contributed by atoms with Crippen molar-refractivity contribution < 1.29 is 19.8 Å². The summed E-state index contributed by atoms with van der Waals surface area (Å²) in [5.41, 5.74) is 0.932. The minimum atomic E-state index is -1.40. The van der Waals surface area contributed by atoms with E-state index in [0.29, 0.717) is 0 Å². The predicted molar refractivity (Wildman–Crippen MR) is 37.1 cm³/mol. The average Bonchev–Trinajstić information content (AvgIpc) is 1.88. The minimum Gasteiger partial charge on any atom is -0.478 e. The molecule has 4 nitrogen and oxygen atoms in total. The Morgan fingerprint density at radius 2 is 1.64 bits per heavy atom. The number of hydrogen-bond acceptors (Lipinski definition) is 2. The smallest absolute Gasteiger partial charge is 0.344 e.